The minimum absolute atomic E-state index is 0.0250. The van der Waals surface area contributed by atoms with Gasteiger partial charge in [0.05, 0.1) is 22.9 Å². The highest BCUT2D eigenvalue weighted by molar-refractivity contribution is 6.22. The van der Waals surface area contributed by atoms with E-state index in [0.29, 0.717) is 12.1 Å². The van der Waals surface area contributed by atoms with Gasteiger partial charge in [0, 0.05) is 23.5 Å². The highest BCUT2D eigenvalue weighted by Gasteiger charge is 2.37. The minimum atomic E-state index is -5.04. The predicted molar refractivity (Wildman–Crippen MR) is 93.0 cm³/mol. The molecule has 0 spiro atoms. The van der Waals surface area contributed by atoms with E-state index in [-0.39, 0.29) is 17.2 Å². The lowest BCUT2D eigenvalue weighted by atomic mass is 10.0. The molecule has 0 radical (unpaired) electrons. The van der Waals surface area contributed by atoms with Gasteiger partial charge in [-0.15, -0.1) is 5.10 Å². The van der Waals surface area contributed by atoms with Crippen LogP contribution < -0.4 is 5.73 Å². The third kappa shape index (κ3) is 5.05. The predicted octanol–water partition coefficient (Wildman–Crippen LogP) is 4.00. The molecule has 0 saturated carbocycles. The van der Waals surface area contributed by atoms with Crippen molar-refractivity contribution in [2.24, 2.45) is 5.73 Å². The van der Waals surface area contributed by atoms with E-state index in [1.165, 1.54) is 0 Å². The number of carbonyl (C=O) groups is 1. The number of alkyl halides is 6. The quantitative estimate of drug-likeness (QED) is 0.486. The third-order valence-corrected chi connectivity index (χ3v) is 3.90. The van der Waals surface area contributed by atoms with Crippen LogP contribution in [0.3, 0.4) is 0 Å². The second-order valence-electron chi connectivity index (χ2n) is 6.14. The molecule has 0 saturated heterocycles. The molecule has 162 valence electrons. The summed E-state index contributed by atoms with van der Waals surface area (Å²) in [6, 6.07) is 1.85. The molecule has 0 bridgehead atoms. The highest BCUT2D eigenvalue weighted by atomic mass is 19.4. The Hall–Kier alpha value is -3.77. The lowest BCUT2D eigenvalue weighted by Gasteiger charge is -2.13. The van der Waals surface area contributed by atoms with Gasteiger partial charge < -0.3 is 5.73 Å². The zero-order valence-electron chi connectivity index (χ0n) is 15.0. The summed E-state index contributed by atoms with van der Waals surface area (Å²) in [7, 11) is 0. The van der Waals surface area contributed by atoms with Crippen LogP contribution >= 0.6 is 0 Å². The summed E-state index contributed by atoms with van der Waals surface area (Å²) in [5, 5.41) is 3.77. The van der Waals surface area contributed by atoms with Crippen molar-refractivity contribution in [2.75, 3.05) is 0 Å². The van der Waals surface area contributed by atoms with Crippen LogP contribution in [0.2, 0.25) is 0 Å². The van der Waals surface area contributed by atoms with Gasteiger partial charge in [0.15, 0.2) is 5.82 Å². The Morgan fingerprint density at radius 1 is 0.968 bits per heavy atom. The standard InChI is InChI=1S/C18H10F7N5O/c19-13-3-10(5-27-6-13)14(15(26)31)7-30-8-28-16(29-30)9-1-11(17(20,21)22)4-12(2-9)18(23,24)25/h1-8H,(H2,26,31). The summed E-state index contributed by atoms with van der Waals surface area (Å²) >= 11 is 0. The Bertz CT molecular complexity index is 1130. The molecule has 3 rings (SSSR count). The number of nitrogens with two attached hydrogens (primary N) is 1. The summed E-state index contributed by atoms with van der Waals surface area (Å²) in [5.41, 5.74) is 1.33. The highest BCUT2D eigenvalue weighted by Crippen LogP contribution is 2.38. The van der Waals surface area contributed by atoms with Gasteiger partial charge in [-0.2, -0.15) is 26.3 Å². The Kier molecular flexibility index (Phi) is 5.53. The largest absolute Gasteiger partial charge is 0.416 e. The zero-order valence-corrected chi connectivity index (χ0v) is 15.0. The van der Waals surface area contributed by atoms with Crippen LogP contribution in [0.4, 0.5) is 30.7 Å². The number of primary amides is 1. The maximum absolute atomic E-state index is 13.4. The maximum Gasteiger partial charge on any atom is 0.416 e. The van der Waals surface area contributed by atoms with Crippen molar-refractivity contribution in [3.8, 4) is 11.4 Å². The fraction of sp³-hybridized carbons (Fsp3) is 0.111. The first-order chi connectivity index (χ1) is 14.3. The number of nitrogens with zero attached hydrogens (tertiary/aromatic N) is 4. The summed E-state index contributed by atoms with van der Waals surface area (Å²) in [4.78, 5) is 18.9. The van der Waals surface area contributed by atoms with Gasteiger partial charge in [0.1, 0.15) is 12.1 Å². The molecular weight excluding hydrogens is 435 g/mol. The lowest BCUT2D eigenvalue weighted by Crippen LogP contribution is -2.14. The second kappa shape index (κ2) is 7.81. The first kappa shape index (κ1) is 21.9. The maximum atomic E-state index is 13.4. The van der Waals surface area contributed by atoms with Crippen molar-refractivity contribution in [3.63, 3.8) is 0 Å². The van der Waals surface area contributed by atoms with E-state index in [0.717, 1.165) is 35.7 Å². The summed E-state index contributed by atoms with van der Waals surface area (Å²) in [6.07, 6.45) is -6.17. The van der Waals surface area contributed by atoms with Crippen molar-refractivity contribution >= 4 is 17.7 Å². The van der Waals surface area contributed by atoms with Gasteiger partial charge in [0.2, 0.25) is 0 Å². The zero-order chi connectivity index (χ0) is 23.0. The number of hydrogen-bond acceptors (Lipinski definition) is 4. The number of carbonyl (C=O) groups excluding carboxylic acids is 1. The van der Waals surface area contributed by atoms with E-state index in [2.05, 4.69) is 15.1 Å². The monoisotopic (exact) mass is 445 g/mol. The number of amides is 1. The number of hydrogen-bond donors (Lipinski definition) is 1. The first-order valence-corrected chi connectivity index (χ1v) is 8.18. The average molecular weight is 445 g/mol. The van der Waals surface area contributed by atoms with E-state index in [1.807, 2.05) is 0 Å². The first-order valence-electron chi connectivity index (χ1n) is 8.18. The van der Waals surface area contributed by atoms with Crippen LogP contribution in [0.15, 0.2) is 43.0 Å². The van der Waals surface area contributed by atoms with E-state index < -0.39 is 46.6 Å². The molecule has 3 aromatic rings. The van der Waals surface area contributed by atoms with Gasteiger partial charge in [-0.25, -0.2) is 14.1 Å². The minimum Gasteiger partial charge on any atom is -0.366 e. The summed E-state index contributed by atoms with van der Waals surface area (Å²) < 4.78 is 92.4. The molecule has 0 unspecified atom stereocenters. The SMILES string of the molecule is NC(=O)C(=Cn1cnc(-c2cc(C(F)(F)F)cc(C(F)(F)F)c2)n1)c1cncc(F)c1. The van der Waals surface area contributed by atoms with Gasteiger partial charge >= 0.3 is 12.4 Å². The van der Waals surface area contributed by atoms with Crippen molar-refractivity contribution in [1.82, 2.24) is 19.7 Å². The van der Waals surface area contributed by atoms with Crippen LogP contribution in [0.25, 0.3) is 23.2 Å². The normalized spacial score (nSPS) is 12.8. The molecule has 0 aliphatic carbocycles. The Morgan fingerprint density at radius 2 is 1.58 bits per heavy atom. The molecule has 0 fully saturated rings. The Morgan fingerprint density at radius 3 is 2.10 bits per heavy atom. The molecule has 1 amide bonds. The van der Waals surface area contributed by atoms with Crippen molar-refractivity contribution in [2.45, 2.75) is 12.4 Å². The van der Waals surface area contributed by atoms with E-state index in [4.69, 9.17) is 5.73 Å². The molecule has 6 nitrogen and oxygen atoms in total. The Labute approximate surface area is 168 Å². The summed E-state index contributed by atoms with van der Waals surface area (Å²) in [5.74, 6) is -2.26. The lowest BCUT2D eigenvalue weighted by molar-refractivity contribution is -0.143. The van der Waals surface area contributed by atoms with Gasteiger partial charge in [-0.05, 0) is 24.3 Å². The molecule has 0 aliphatic heterocycles. The van der Waals surface area contributed by atoms with Crippen molar-refractivity contribution in [3.05, 3.63) is 65.5 Å². The topological polar surface area (TPSA) is 86.7 Å². The fourth-order valence-electron chi connectivity index (χ4n) is 2.53. The van der Waals surface area contributed by atoms with E-state index >= 15 is 0 Å². The van der Waals surface area contributed by atoms with Crippen LogP contribution in [0.1, 0.15) is 16.7 Å². The van der Waals surface area contributed by atoms with Crippen molar-refractivity contribution in [1.29, 1.82) is 0 Å². The smallest absolute Gasteiger partial charge is 0.366 e. The van der Waals surface area contributed by atoms with E-state index in [1.54, 1.807) is 0 Å². The summed E-state index contributed by atoms with van der Waals surface area (Å²) in [6.45, 7) is 0. The second-order valence-corrected chi connectivity index (χ2v) is 6.14. The van der Waals surface area contributed by atoms with Gasteiger partial charge in [-0.3, -0.25) is 9.78 Å². The number of pyridine rings is 1. The molecule has 2 N–H and O–H groups in total. The molecular formula is C18H10F7N5O. The molecule has 31 heavy (non-hydrogen) atoms. The number of halogens is 7. The third-order valence-electron chi connectivity index (χ3n) is 3.90. The van der Waals surface area contributed by atoms with Crippen molar-refractivity contribution < 1.29 is 35.5 Å². The van der Waals surface area contributed by atoms with Crippen LogP contribution in [-0.2, 0) is 17.1 Å². The number of aromatic nitrogens is 4. The number of benzene rings is 1. The van der Waals surface area contributed by atoms with Gasteiger partial charge in [0.25, 0.3) is 5.91 Å². The average Bonchev–Trinajstić information content (AvgIpc) is 3.13. The van der Waals surface area contributed by atoms with Crippen LogP contribution in [0.5, 0.6) is 0 Å². The van der Waals surface area contributed by atoms with Crippen LogP contribution in [-0.4, -0.2) is 25.7 Å². The van der Waals surface area contributed by atoms with Crippen LogP contribution in [0, 0.1) is 5.82 Å². The number of rotatable bonds is 4. The van der Waals surface area contributed by atoms with Gasteiger partial charge in [-0.1, -0.05) is 0 Å². The molecule has 0 aliphatic rings. The fourth-order valence-corrected chi connectivity index (χ4v) is 2.53. The molecule has 2 aromatic heterocycles. The molecule has 13 heteroatoms. The molecule has 2 heterocycles. The van der Waals surface area contributed by atoms with E-state index in [9.17, 15) is 35.5 Å². The molecule has 0 atom stereocenters. The Balaban J connectivity index is 2.07. The molecule has 1 aromatic carbocycles.